The van der Waals surface area contributed by atoms with E-state index in [-0.39, 0.29) is 11.4 Å². The van der Waals surface area contributed by atoms with Gasteiger partial charge in [0.25, 0.3) is 0 Å². The molecule has 4 heteroatoms. The maximum Gasteiger partial charge on any atom is 0.127 e. The minimum absolute atomic E-state index is 0.159. The monoisotopic (exact) mass is 266 g/mol. The van der Waals surface area contributed by atoms with Gasteiger partial charge in [0.1, 0.15) is 5.82 Å². The normalized spacial score (nSPS) is 18.6. The molecular formula is C15H23FN2O. The fraction of sp³-hybridized carbons (Fsp3) is 0.600. The molecule has 0 bridgehead atoms. The van der Waals surface area contributed by atoms with Gasteiger partial charge in [-0.15, -0.1) is 0 Å². The molecule has 0 saturated heterocycles. The van der Waals surface area contributed by atoms with Crippen molar-refractivity contribution in [2.45, 2.75) is 24.9 Å². The Morgan fingerprint density at radius 1 is 1.42 bits per heavy atom. The molecule has 3 nitrogen and oxygen atoms in total. The van der Waals surface area contributed by atoms with Crippen molar-refractivity contribution < 1.29 is 9.13 Å². The Kier molecular flexibility index (Phi) is 4.55. The summed E-state index contributed by atoms with van der Waals surface area (Å²) in [5.41, 5.74) is 6.55. The second-order valence-corrected chi connectivity index (χ2v) is 5.46. The summed E-state index contributed by atoms with van der Waals surface area (Å²) in [7, 11) is 3.71. The third-order valence-corrected chi connectivity index (χ3v) is 4.21. The number of benzene rings is 1. The second-order valence-electron chi connectivity index (χ2n) is 5.46. The lowest BCUT2D eigenvalue weighted by molar-refractivity contribution is 0.00991. The SMILES string of the molecule is COCC(CN)(C1CC1)N(C)Cc1ccccc1F. The molecule has 0 heterocycles. The average Bonchev–Trinajstić information content (AvgIpc) is 3.23. The van der Waals surface area contributed by atoms with Crippen molar-refractivity contribution in [3.05, 3.63) is 35.6 Å². The van der Waals surface area contributed by atoms with Crippen LogP contribution in [0.25, 0.3) is 0 Å². The van der Waals surface area contributed by atoms with Gasteiger partial charge in [-0.2, -0.15) is 0 Å². The molecule has 1 unspecified atom stereocenters. The number of nitrogens with two attached hydrogens (primary N) is 1. The molecule has 2 N–H and O–H groups in total. The number of likely N-dealkylation sites (N-methyl/N-ethyl adjacent to an activating group) is 1. The molecule has 0 radical (unpaired) electrons. The van der Waals surface area contributed by atoms with Gasteiger partial charge in [-0.25, -0.2) is 4.39 Å². The predicted molar refractivity (Wildman–Crippen MR) is 74.3 cm³/mol. The number of hydrogen-bond acceptors (Lipinski definition) is 3. The summed E-state index contributed by atoms with van der Waals surface area (Å²) >= 11 is 0. The molecule has 19 heavy (non-hydrogen) atoms. The standard InChI is InChI=1S/C15H23FN2O/c1-18(9-12-5-3-4-6-14(12)16)15(10-17,11-19-2)13-7-8-13/h3-6,13H,7-11,17H2,1-2H3. The van der Waals surface area contributed by atoms with E-state index < -0.39 is 0 Å². The van der Waals surface area contributed by atoms with E-state index in [4.69, 9.17) is 10.5 Å². The first kappa shape index (κ1) is 14.4. The molecular weight excluding hydrogens is 243 g/mol. The fourth-order valence-electron chi connectivity index (χ4n) is 2.83. The van der Waals surface area contributed by atoms with Crippen LogP contribution in [0.4, 0.5) is 4.39 Å². The third kappa shape index (κ3) is 2.96. The minimum Gasteiger partial charge on any atom is -0.383 e. The van der Waals surface area contributed by atoms with Gasteiger partial charge in [-0.1, -0.05) is 18.2 Å². The van der Waals surface area contributed by atoms with Crippen LogP contribution in [0.2, 0.25) is 0 Å². The Morgan fingerprint density at radius 2 is 2.11 bits per heavy atom. The quantitative estimate of drug-likeness (QED) is 0.820. The first-order valence-electron chi connectivity index (χ1n) is 6.77. The zero-order valence-corrected chi connectivity index (χ0v) is 11.7. The number of halogens is 1. The van der Waals surface area contributed by atoms with Gasteiger partial charge in [-0.05, 0) is 31.9 Å². The highest BCUT2D eigenvalue weighted by Crippen LogP contribution is 2.43. The van der Waals surface area contributed by atoms with E-state index in [1.54, 1.807) is 13.2 Å². The Labute approximate surface area is 114 Å². The summed E-state index contributed by atoms with van der Waals surface area (Å²) in [6.07, 6.45) is 2.37. The van der Waals surface area contributed by atoms with Crippen LogP contribution < -0.4 is 5.73 Å². The summed E-state index contributed by atoms with van der Waals surface area (Å²) in [4.78, 5) is 2.16. The van der Waals surface area contributed by atoms with Crippen LogP contribution >= 0.6 is 0 Å². The molecule has 0 aliphatic heterocycles. The van der Waals surface area contributed by atoms with Crippen LogP contribution in [0.3, 0.4) is 0 Å². The Bertz CT molecular complexity index is 422. The van der Waals surface area contributed by atoms with Crippen molar-refractivity contribution in [3.63, 3.8) is 0 Å². The summed E-state index contributed by atoms with van der Waals surface area (Å²) < 4.78 is 19.1. The zero-order chi connectivity index (χ0) is 13.9. The van der Waals surface area contributed by atoms with Crippen LogP contribution in [0.5, 0.6) is 0 Å². The Hall–Kier alpha value is -0.970. The Morgan fingerprint density at radius 3 is 2.63 bits per heavy atom. The topological polar surface area (TPSA) is 38.5 Å². The van der Waals surface area contributed by atoms with Crippen molar-refractivity contribution in [2.75, 3.05) is 27.3 Å². The molecule has 1 atom stereocenters. The largest absolute Gasteiger partial charge is 0.383 e. The molecule has 2 rings (SSSR count). The van der Waals surface area contributed by atoms with E-state index in [0.29, 0.717) is 31.2 Å². The highest BCUT2D eigenvalue weighted by molar-refractivity contribution is 5.18. The minimum atomic E-state index is -0.170. The molecule has 1 aromatic rings. The molecule has 1 aliphatic carbocycles. The number of methoxy groups -OCH3 is 1. The summed E-state index contributed by atoms with van der Waals surface area (Å²) in [5.74, 6) is 0.405. The first-order chi connectivity index (χ1) is 9.14. The number of ether oxygens (including phenoxy) is 1. The smallest absolute Gasteiger partial charge is 0.127 e. The van der Waals surface area contributed by atoms with E-state index in [2.05, 4.69) is 4.90 Å². The Balaban J connectivity index is 2.15. The lowest BCUT2D eigenvalue weighted by atomic mass is 9.91. The molecule has 0 aromatic heterocycles. The van der Waals surface area contributed by atoms with Gasteiger partial charge in [0.2, 0.25) is 0 Å². The van der Waals surface area contributed by atoms with Crippen LogP contribution in [0.15, 0.2) is 24.3 Å². The highest BCUT2D eigenvalue weighted by atomic mass is 19.1. The fourth-order valence-corrected chi connectivity index (χ4v) is 2.83. The zero-order valence-electron chi connectivity index (χ0n) is 11.7. The predicted octanol–water partition coefficient (Wildman–Crippen LogP) is 2.01. The van der Waals surface area contributed by atoms with Crippen molar-refractivity contribution in [3.8, 4) is 0 Å². The van der Waals surface area contributed by atoms with Crippen LogP contribution in [-0.2, 0) is 11.3 Å². The van der Waals surface area contributed by atoms with E-state index in [0.717, 1.165) is 0 Å². The molecule has 1 fully saturated rings. The third-order valence-electron chi connectivity index (χ3n) is 4.21. The molecule has 106 valence electrons. The van der Waals surface area contributed by atoms with Crippen LogP contribution in [-0.4, -0.2) is 37.7 Å². The second kappa shape index (κ2) is 5.99. The molecule has 0 amide bonds. The van der Waals surface area contributed by atoms with E-state index in [1.165, 1.54) is 18.9 Å². The van der Waals surface area contributed by atoms with E-state index in [9.17, 15) is 4.39 Å². The van der Waals surface area contributed by atoms with Crippen molar-refractivity contribution in [1.82, 2.24) is 4.90 Å². The summed E-state index contributed by atoms with van der Waals surface area (Å²) in [6, 6.07) is 6.91. The summed E-state index contributed by atoms with van der Waals surface area (Å²) in [5, 5.41) is 0. The maximum atomic E-state index is 13.8. The average molecular weight is 266 g/mol. The highest BCUT2D eigenvalue weighted by Gasteiger charge is 2.47. The van der Waals surface area contributed by atoms with Crippen molar-refractivity contribution in [2.24, 2.45) is 11.7 Å². The van der Waals surface area contributed by atoms with Gasteiger partial charge in [0.05, 0.1) is 12.1 Å². The molecule has 0 spiro atoms. The number of nitrogens with zero attached hydrogens (tertiary/aromatic N) is 1. The maximum absolute atomic E-state index is 13.8. The lowest BCUT2D eigenvalue weighted by Gasteiger charge is -2.41. The van der Waals surface area contributed by atoms with E-state index >= 15 is 0 Å². The van der Waals surface area contributed by atoms with Gasteiger partial charge < -0.3 is 10.5 Å². The first-order valence-corrected chi connectivity index (χ1v) is 6.77. The number of hydrogen-bond donors (Lipinski definition) is 1. The van der Waals surface area contributed by atoms with Gasteiger partial charge in [0, 0.05) is 25.8 Å². The van der Waals surface area contributed by atoms with Gasteiger partial charge in [0.15, 0.2) is 0 Å². The summed E-state index contributed by atoms with van der Waals surface area (Å²) in [6.45, 7) is 1.69. The molecule has 1 aromatic carbocycles. The van der Waals surface area contributed by atoms with Crippen LogP contribution in [0, 0.1) is 11.7 Å². The van der Waals surface area contributed by atoms with Crippen molar-refractivity contribution >= 4 is 0 Å². The van der Waals surface area contributed by atoms with Gasteiger partial charge >= 0.3 is 0 Å². The van der Waals surface area contributed by atoms with Gasteiger partial charge in [-0.3, -0.25) is 4.90 Å². The molecule has 1 aliphatic rings. The van der Waals surface area contributed by atoms with Crippen LogP contribution in [0.1, 0.15) is 18.4 Å². The van der Waals surface area contributed by atoms with E-state index in [1.807, 2.05) is 19.2 Å². The van der Waals surface area contributed by atoms with Crippen molar-refractivity contribution in [1.29, 1.82) is 0 Å². The number of rotatable bonds is 7. The lowest BCUT2D eigenvalue weighted by Crippen LogP contribution is -2.56. The molecule has 1 saturated carbocycles.